The van der Waals surface area contributed by atoms with Gasteiger partial charge in [0.25, 0.3) is 17.7 Å². The SMILES string of the molecule is CNC(=O)c1cnc2ccc(NCCCCCCCCCCNC(=O)[C@@H](C)Nc3cccc4c3C(=O)N(C3CCC(=O)NC3=O)C4=O)cc2c1Nc1ccccc1. The van der Waals surface area contributed by atoms with Crippen LogP contribution in [0.25, 0.3) is 10.9 Å². The zero-order chi connectivity index (χ0) is 40.3. The second-order valence-electron chi connectivity index (χ2n) is 14.4. The van der Waals surface area contributed by atoms with Crippen molar-refractivity contribution < 1.29 is 28.8 Å². The van der Waals surface area contributed by atoms with Gasteiger partial charge in [-0.3, -0.25) is 44.0 Å². The Hall–Kier alpha value is -6.31. The van der Waals surface area contributed by atoms with E-state index in [9.17, 15) is 28.8 Å². The summed E-state index contributed by atoms with van der Waals surface area (Å²) in [5, 5.41) is 18.7. The van der Waals surface area contributed by atoms with Crippen LogP contribution in [0.15, 0.2) is 72.9 Å². The van der Waals surface area contributed by atoms with Gasteiger partial charge in [0.1, 0.15) is 12.1 Å². The standard InChI is InChI=1S/C43H50N8O6/c1-27(48-34-18-14-17-30-37(34)43(57)51(42(30)56)35-21-22-36(52)50-41(35)55)39(53)46-24-13-8-6-4-3-5-7-12-23-45-29-19-20-33-31(25-29)38(32(26-47-33)40(54)44-2)49-28-15-10-9-11-16-28/h9-11,14-20,25-27,35,45,48H,3-8,12-13,21-24H2,1-2H3,(H,44,54)(H,46,53)(H,47,49)(H,50,52,55)/t27-,35?/m1/s1. The van der Waals surface area contributed by atoms with Gasteiger partial charge in [-0.1, -0.05) is 62.8 Å². The summed E-state index contributed by atoms with van der Waals surface area (Å²) in [6.45, 7) is 3.06. The van der Waals surface area contributed by atoms with E-state index in [1.807, 2.05) is 48.5 Å². The molecule has 2 aliphatic heterocycles. The van der Waals surface area contributed by atoms with Gasteiger partial charge in [-0.15, -0.1) is 0 Å². The molecule has 2 atom stereocenters. The zero-order valence-electron chi connectivity index (χ0n) is 32.4. The summed E-state index contributed by atoms with van der Waals surface area (Å²) >= 11 is 0. The second kappa shape index (κ2) is 19.0. The van der Waals surface area contributed by atoms with Crippen LogP contribution in [0.1, 0.15) is 102 Å². The number of fused-ring (bicyclic) bond motifs is 2. The van der Waals surface area contributed by atoms with Crippen LogP contribution < -0.4 is 31.9 Å². The first kappa shape index (κ1) is 40.4. The maximum absolute atomic E-state index is 13.3. The Morgan fingerprint density at radius 3 is 2.28 bits per heavy atom. The van der Waals surface area contributed by atoms with Gasteiger partial charge < -0.3 is 26.6 Å². The number of nitrogens with one attached hydrogen (secondary N) is 6. The summed E-state index contributed by atoms with van der Waals surface area (Å²) in [4.78, 5) is 81.5. The Labute approximate surface area is 331 Å². The molecule has 298 valence electrons. The molecule has 14 heteroatoms. The number of amides is 6. The van der Waals surface area contributed by atoms with Gasteiger partial charge in [-0.2, -0.15) is 0 Å². The highest BCUT2D eigenvalue weighted by Gasteiger charge is 2.45. The number of para-hydroxylation sites is 1. The van der Waals surface area contributed by atoms with E-state index in [0.717, 1.165) is 90.8 Å². The third-order valence-electron chi connectivity index (χ3n) is 10.3. The predicted octanol–water partition coefficient (Wildman–Crippen LogP) is 5.89. The summed E-state index contributed by atoms with van der Waals surface area (Å²) < 4.78 is 0. The highest BCUT2D eigenvalue weighted by molar-refractivity contribution is 6.25. The number of benzene rings is 3. The van der Waals surface area contributed by atoms with Crippen LogP contribution in [0.3, 0.4) is 0 Å². The molecule has 3 aromatic carbocycles. The summed E-state index contributed by atoms with van der Waals surface area (Å²) in [5.74, 6) is -2.75. The average Bonchev–Trinajstić information content (AvgIpc) is 3.47. The summed E-state index contributed by atoms with van der Waals surface area (Å²) in [5.41, 5.74) is 4.47. The maximum Gasteiger partial charge on any atom is 0.264 e. The molecule has 0 bridgehead atoms. The van der Waals surface area contributed by atoms with E-state index in [1.165, 1.54) is 6.07 Å². The number of imide groups is 2. The monoisotopic (exact) mass is 774 g/mol. The molecule has 4 aromatic rings. The number of anilines is 4. The lowest BCUT2D eigenvalue weighted by Gasteiger charge is -2.27. The van der Waals surface area contributed by atoms with Gasteiger partial charge in [-0.05, 0) is 68.7 Å². The number of carbonyl (C=O) groups is 6. The molecule has 1 aromatic heterocycles. The Balaban J connectivity index is 0.861. The van der Waals surface area contributed by atoms with Crippen LogP contribution in [0.4, 0.5) is 22.7 Å². The molecule has 0 radical (unpaired) electrons. The van der Waals surface area contributed by atoms with E-state index in [4.69, 9.17) is 0 Å². The van der Waals surface area contributed by atoms with E-state index >= 15 is 0 Å². The number of rotatable bonds is 19. The van der Waals surface area contributed by atoms with Gasteiger partial charge >= 0.3 is 0 Å². The van der Waals surface area contributed by atoms with Crippen molar-refractivity contribution in [3.05, 3.63) is 89.6 Å². The molecular formula is C43H50N8O6. The molecule has 6 N–H and O–H groups in total. The van der Waals surface area contributed by atoms with Crippen molar-refractivity contribution in [2.24, 2.45) is 0 Å². The number of pyridine rings is 1. The first-order chi connectivity index (χ1) is 27.7. The van der Waals surface area contributed by atoms with Crippen LogP contribution in [0.5, 0.6) is 0 Å². The summed E-state index contributed by atoms with van der Waals surface area (Å²) in [6.07, 6.45) is 10.2. The highest BCUT2D eigenvalue weighted by atomic mass is 16.2. The third kappa shape index (κ3) is 9.74. The number of hydrogen-bond acceptors (Lipinski definition) is 10. The molecule has 0 spiro atoms. The number of piperidine rings is 1. The van der Waals surface area contributed by atoms with Crippen molar-refractivity contribution in [1.29, 1.82) is 0 Å². The topological polar surface area (TPSA) is 191 Å². The molecule has 6 amide bonds. The number of unbranched alkanes of at least 4 members (excludes halogenated alkanes) is 7. The molecule has 14 nitrogen and oxygen atoms in total. The van der Waals surface area contributed by atoms with Crippen molar-refractivity contribution in [1.82, 2.24) is 25.8 Å². The van der Waals surface area contributed by atoms with Crippen molar-refractivity contribution in [3.63, 3.8) is 0 Å². The lowest BCUT2D eigenvalue weighted by molar-refractivity contribution is -0.136. The summed E-state index contributed by atoms with van der Waals surface area (Å²) in [7, 11) is 1.61. The minimum Gasteiger partial charge on any atom is -0.385 e. The Morgan fingerprint density at radius 2 is 1.56 bits per heavy atom. The fourth-order valence-electron chi connectivity index (χ4n) is 7.25. The van der Waals surface area contributed by atoms with Crippen molar-refractivity contribution >= 4 is 69.1 Å². The van der Waals surface area contributed by atoms with Crippen LogP contribution in [0, 0.1) is 0 Å². The van der Waals surface area contributed by atoms with E-state index in [0.29, 0.717) is 17.8 Å². The first-order valence-electron chi connectivity index (χ1n) is 19.8. The quantitative estimate of drug-likeness (QED) is 0.0495. The molecule has 1 unspecified atom stereocenters. The van der Waals surface area contributed by atoms with E-state index in [-0.39, 0.29) is 35.8 Å². The third-order valence-corrected chi connectivity index (χ3v) is 10.3. The Bertz CT molecular complexity index is 2140. The molecule has 6 rings (SSSR count). The fraction of sp³-hybridized carbons (Fsp3) is 0.372. The minimum atomic E-state index is -1.06. The molecule has 0 saturated carbocycles. The van der Waals surface area contributed by atoms with Gasteiger partial charge in [0, 0.05) is 55.2 Å². The number of aromatic nitrogens is 1. The molecule has 1 saturated heterocycles. The first-order valence-corrected chi connectivity index (χ1v) is 19.8. The molecule has 3 heterocycles. The van der Waals surface area contributed by atoms with Gasteiger partial charge in [-0.25, -0.2) is 0 Å². The van der Waals surface area contributed by atoms with Crippen LogP contribution in [-0.2, 0) is 14.4 Å². The van der Waals surface area contributed by atoms with Crippen molar-refractivity contribution in [2.75, 3.05) is 36.1 Å². The highest BCUT2D eigenvalue weighted by Crippen LogP contribution is 2.33. The molecular weight excluding hydrogens is 725 g/mol. The van der Waals surface area contributed by atoms with Gasteiger partial charge in [0.05, 0.1) is 27.9 Å². The van der Waals surface area contributed by atoms with Crippen LogP contribution >= 0.6 is 0 Å². The van der Waals surface area contributed by atoms with Crippen molar-refractivity contribution in [3.8, 4) is 0 Å². The molecule has 2 aliphatic rings. The van der Waals surface area contributed by atoms with E-state index in [2.05, 4.69) is 36.9 Å². The Kier molecular flexibility index (Phi) is 13.5. The predicted molar refractivity (Wildman–Crippen MR) is 219 cm³/mol. The van der Waals surface area contributed by atoms with Crippen LogP contribution in [0.2, 0.25) is 0 Å². The van der Waals surface area contributed by atoms with E-state index in [1.54, 1.807) is 32.3 Å². The number of hydrogen-bond donors (Lipinski definition) is 6. The zero-order valence-corrected chi connectivity index (χ0v) is 32.4. The summed E-state index contributed by atoms with van der Waals surface area (Å²) in [6, 6.07) is 18.8. The Morgan fingerprint density at radius 1 is 0.842 bits per heavy atom. The molecule has 0 aliphatic carbocycles. The lowest BCUT2D eigenvalue weighted by Crippen LogP contribution is -2.54. The number of nitrogens with zero attached hydrogens (tertiary/aromatic N) is 2. The molecule has 57 heavy (non-hydrogen) atoms. The second-order valence-corrected chi connectivity index (χ2v) is 14.4. The molecule has 1 fully saturated rings. The van der Waals surface area contributed by atoms with Gasteiger partial charge in [0.15, 0.2) is 0 Å². The average molecular weight is 775 g/mol. The number of carbonyl (C=O) groups excluding carboxylic acids is 6. The maximum atomic E-state index is 13.3. The fourth-order valence-corrected chi connectivity index (χ4v) is 7.25. The van der Waals surface area contributed by atoms with E-state index < -0.39 is 35.7 Å². The lowest BCUT2D eigenvalue weighted by atomic mass is 10.0. The van der Waals surface area contributed by atoms with Gasteiger partial charge in [0.2, 0.25) is 17.7 Å². The smallest absolute Gasteiger partial charge is 0.264 e. The normalized spacial score (nSPS) is 15.5. The van der Waals surface area contributed by atoms with Crippen molar-refractivity contribution in [2.45, 2.75) is 83.2 Å². The minimum absolute atomic E-state index is 0.0401. The van der Waals surface area contributed by atoms with Crippen LogP contribution in [-0.4, -0.2) is 77.5 Å². The largest absolute Gasteiger partial charge is 0.385 e.